The average molecular weight is 658 g/mol. The van der Waals surface area contributed by atoms with Gasteiger partial charge in [0.25, 0.3) is 0 Å². The number of carbonyl (C=O) groups excluding carboxylic acids is 1. The molecule has 2 fully saturated rings. The summed E-state index contributed by atoms with van der Waals surface area (Å²) < 4.78 is 30.8. The van der Waals surface area contributed by atoms with Crippen molar-refractivity contribution in [2.45, 2.75) is 38.6 Å². The Morgan fingerprint density at radius 1 is 1.00 bits per heavy atom. The molecule has 2 aromatic carbocycles. The highest BCUT2D eigenvalue weighted by atomic mass is 19.1. The number of carbonyl (C=O) groups is 2. The van der Waals surface area contributed by atoms with Crippen molar-refractivity contribution in [2.24, 2.45) is 11.8 Å². The van der Waals surface area contributed by atoms with Crippen molar-refractivity contribution in [1.82, 2.24) is 19.4 Å². The van der Waals surface area contributed by atoms with Gasteiger partial charge in [0.15, 0.2) is 0 Å². The zero-order chi connectivity index (χ0) is 33.6. The third kappa shape index (κ3) is 7.82. The third-order valence-corrected chi connectivity index (χ3v) is 9.43. The number of hydrogen-bond acceptors (Lipinski definition) is 7. The van der Waals surface area contributed by atoms with E-state index < -0.39 is 29.4 Å². The number of hydrogen-bond donors (Lipinski definition) is 3. The van der Waals surface area contributed by atoms with Crippen molar-refractivity contribution in [3.63, 3.8) is 0 Å². The molecule has 0 bridgehead atoms. The largest absolute Gasteiger partial charge is 0.481 e. The Balaban J connectivity index is 1.15. The van der Waals surface area contributed by atoms with Crippen molar-refractivity contribution >= 4 is 29.3 Å². The molecule has 4 aromatic rings. The Labute approximate surface area is 278 Å². The summed E-state index contributed by atoms with van der Waals surface area (Å²) in [4.78, 5) is 38.5. The SMILES string of the molecule is Cc1ccc(Cn2ccnc2NC(=O)C2CN(CCCNc3ccccn3)C[C@H]2c2ccc(F)cc2F)c(N2CCC(C(=O)O)CC2)c1. The number of carboxylic acid groups (broad SMARTS) is 1. The van der Waals surface area contributed by atoms with E-state index in [-0.39, 0.29) is 11.8 Å². The Hall–Kier alpha value is -4.84. The van der Waals surface area contributed by atoms with Crippen LogP contribution >= 0.6 is 0 Å². The van der Waals surface area contributed by atoms with Crippen LogP contribution in [0, 0.1) is 30.4 Å². The number of piperidine rings is 1. The first-order valence-electron chi connectivity index (χ1n) is 16.5. The van der Waals surface area contributed by atoms with Gasteiger partial charge >= 0.3 is 5.97 Å². The van der Waals surface area contributed by atoms with Crippen molar-refractivity contribution in [1.29, 1.82) is 0 Å². The second kappa shape index (κ2) is 14.9. The maximum Gasteiger partial charge on any atom is 0.306 e. The fraction of sp³-hybridized carbons (Fsp3) is 0.389. The van der Waals surface area contributed by atoms with Gasteiger partial charge in [0.2, 0.25) is 11.9 Å². The van der Waals surface area contributed by atoms with Crippen molar-refractivity contribution in [3.05, 3.63) is 102 Å². The van der Waals surface area contributed by atoms with E-state index >= 15 is 4.39 Å². The molecule has 2 aliphatic rings. The molecule has 2 atom stereocenters. The van der Waals surface area contributed by atoms with Gasteiger partial charge in [0, 0.05) is 69.0 Å². The van der Waals surface area contributed by atoms with Crippen LogP contribution in [0.5, 0.6) is 0 Å². The summed E-state index contributed by atoms with van der Waals surface area (Å²) in [7, 11) is 0. The highest BCUT2D eigenvalue weighted by Crippen LogP contribution is 2.36. The lowest BCUT2D eigenvalue weighted by Gasteiger charge is -2.33. The lowest BCUT2D eigenvalue weighted by molar-refractivity contribution is -0.142. The van der Waals surface area contributed by atoms with E-state index in [1.807, 2.05) is 42.0 Å². The van der Waals surface area contributed by atoms with E-state index in [9.17, 15) is 19.1 Å². The number of imidazole rings is 1. The predicted octanol–water partition coefficient (Wildman–Crippen LogP) is 5.37. The minimum absolute atomic E-state index is 0.273. The van der Waals surface area contributed by atoms with Crippen LogP contribution in [-0.4, -0.2) is 75.7 Å². The van der Waals surface area contributed by atoms with Gasteiger partial charge in [-0.15, -0.1) is 0 Å². The van der Waals surface area contributed by atoms with E-state index in [1.54, 1.807) is 12.4 Å². The van der Waals surface area contributed by atoms with Gasteiger partial charge < -0.3 is 24.8 Å². The van der Waals surface area contributed by atoms with Gasteiger partial charge in [-0.3, -0.25) is 14.9 Å². The summed E-state index contributed by atoms with van der Waals surface area (Å²) >= 11 is 0. The molecule has 4 heterocycles. The topological polar surface area (TPSA) is 116 Å². The number of aryl methyl sites for hydroxylation is 1. The molecule has 1 amide bonds. The lowest BCUT2D eigenvalue weighted by atomic mass is 9.88. The van der Waals surface area contributed by atoms with Crippen LogP contribution in [0.1, 0.15) is 41.9 Å². The molecule has 48 heavy (non-hydrogen) atoms. The van der Waals surface area contributed by atoms with Gasteiger partial charge in [-0.1, -0.05) is 24.3 Å². The fourth-order valence-corrected chi connectivity index (χ4v) is 6.85. The summed E-state index contributed by atoms with van der Waals surface area (Å²) in [5.74, 6) is -2.53. The number of nitrogens with zero attached hydrogens (tertiary/aromatic N) is 5. The van der Waals surface area contributed by atoms with Crippen molar-refractivity contribution in [2.75, 3.05) is 54.8 Å². The number of likely N-dealkylation sites (tertiary alicyclic amines) is 1. The molecule has 252 valence electrons. The maximum absolute atomic E-state index is 15.1. The second-order valence-electron chi connectivity index (χ2n) is 12.7. The molecule has 2 saturated heterocycles. The van der Waals surface area contributed by atoms with Crippen LogP contribution in [0.4, 0.5) is 26.2 Å². The summed E-state index contributed by atoms with van der Waals surface area (Å²) in [5, 5.41) is 15.8. The Bertz CT molecular complexity index is 1730. The monoisotopic (exact) mass is 657 g/mol. The second-order valence-corrected chi connectivity index (χ2v) is 12.7. The minimum Gasteiger partial charge on any atom is -0.481 e. The summed E-state index contributed by atoms with van der Waals surface area (Å²) in [6, 6.07) is 15.4. The van der Waals surface area contributed by atoms with Gasteiger partial charge in [0.1, 0.15) is 17.5 Å². The summed E-state index contributed by atoms with van der Waals surface area (Å²) in [6.45, 7) is 6.05. The summed E-state index contributed by atoms with van der Waals surface area (Å²) in [5.41, 5.74) is 3.50. The minimum atomic E-state index is -0.745. The van der Waals surface area contributed by atoms with Crippen LogP contribution in [0.25, 0.3) is 0 Å². The Morgan fingerprint density at radius 2 is 1.83 bits per heavy atom. The van der Waals surface area contributed by atoms with Crippen LogP contribution in [0.15, 0.2) is 73.2 Å². The molecule has 0 spiro atoms. The smallest absolute Gasteiger partial charge is 0.306 e. The predicted molar refractivity (Wildman–Crippen MR) is 180 cm³/mol. The summed E-state index contributed by atoms with van der Waals surface area (Å²) in [6.07, 6.45) is 7.14. The molecule has 10 nitrogen and oxygen atoms in total. The normalized spacial score (nSPS) is 18.6. The molecule has 0 saturated carbocycles. The first kappa shape index (κ1) is 33.1. The van der Waals surface area contributed by atoms with Crippen LogP contribution in [-0.2, 0) is 16.1 Å². The van der Waals surface area contributed by atoms with Gasteiger partial charge in [-0.05, 0) is 73.7 Å². The van der Waals surface area contributed by atoms with E-state index in [0.717, 1.165) is 35.1 Å². The number of halogens is 2. The molecule has 0 aliphatic carbocycles. The highest BCUT2D eigenvalue weighted by molar-refractivity contribution is 5.92. The molecule has 0 radical (unpaired) electrons. The number of pyridine rings is 1. The standard InChI is InChI=1S/C36H41F2N7O3/c1-24-6-7-26(32(19-24)44-16-10-25(11-17-44)35(47)48)21-45-18-14-41-36(45)42-34(46)30-23-43(15-4-13-40-33-5-2-3-12-39-33)22-29(30)28-9-8-27(37)20-31(28)38/h2-3,5-9,12,14,18-20,25,29-30H,4,10-11,13,15-17,21-23H2,1H3,(H,39,40)(H,47,48)(H,41,42,46)/t29-,30?/m0/s1. The number of carboxylic acids is 1. The number of rotatable bonds is 12. The quantitative estimate of drug-likeness (QED) is 0.174. The van der Waals surface area contributed by atoms with Gasteiger partial charge in [-0.25, -0.2) is 18.7 Å². The Kier molecular flexibility index (Phi) is 10.3. The highest BCUT2D eigenvalue weighted by Gasteiger charge is 2.40. The van der Waals surface area contributed by atoms with Crippen LogP contribution in [0.2, 0.25) is 0 Å². The number of aromatic nitrogens is 3. The molecule has 2 aromatic heterocycles. The van der Waals surface area contributed by atoms with Crippen LogP contribution < -0.4 is 15.5 Å². The molecule has 3 N–H and O–H groups in total. The van der Waals surface area contributed by atoms with Crippen molar-refractivity contribution < 1.29 is 23.5 Å². The van der Waals surface area contributed by atoms with E-state index in [4.69, 9.17) is 0 Å². The molecule has 12 heteroatoms. The number of anilines is 3. The Morgan fingerprint density at radius 3 is 2.58 bits per heavy atom. The van der Waals surface area contributed by atoms with Gasteiger partial charge in [-0.2, -0.15) is 0 Å². The zero-order valence-corrected chi connectivity index (χ0v) is 27.0. The molecular weight excluding hydrogens is 616 g/mol. The average Bonchev–Trinajstić information content (AvgIpc) is 3.71. The molecule has 2 aliphatic heterocycles. The number of aliphatic carboxylic acids is 1. The first-order valence-corrected chi connectivity index (χ1v) is 16.5. The third-order valence-electron chi connectivity index (χ3n) is 9.43. The van der Waals surface area contributed by atoms with Gasteiger partial charge in [0.05, 0.1) is 18.4 Å². The fourth-order valence-electron chi connectivity index (χ4n) is 6.85. The molecular formula is C36H41F2N7O3. The number of nitrogens with one attached hydrogen (secondary N) is 2. The number of amides is 1. The lowest BCUT2D eigenvalue weighted by Crippen LogP contribution is -2.37. The zero-order valence-electron chi connectivity index (χ0n) is 27.0. The van der Waals surface area contributed by atoms with E-state index in [0.29, 0.717) is 70.2 Å². The van der Waals surface area contributed by atoms with E-state index in [2.05, 4.69) is 42.5 Å². The molecule has 6 rings (SSSR count). The van der Waals surface area contributed by atoms with Crippen molar-refractivity contribution in [3.8, 4) is 0 Å². The van der Waals surface area contributed by atoms with Crippen LogP contribution in [0.3, 0.4) is 0 Å². The number of benzene rings is 2. The maximum atomic E-state index is 15.1. The van der Waals surface area contributed by atoms with E-state index in [1.165, 1.54) is 12.1 Å². The molecule has 1 unspecified atom stereocenters. The first-order chi connectivity index (χ1) is 23.2.